The third-order valence-electron chi connectivity index (χ3n) is 2.98. The molecule has 4 N–H and O–H groups in total. The fourth-order valence-electron chi connectivity index (χ4n) is 1.89. The minimum atomic E-state index is -0.437. The minimum absolute atomic E-state index is 0.107. The van der Waals surface area contributed by atoms with Gasteiger partial charge in [-0.05, 0) is 18.2 Å². The van der Waals surface area contributed by atoms with Crippen LogP contribution in [0.4, 0.5) is 5.69 Å². The van der Waals surface area contributed by atoms with Crippen molar-refractivity contribution < 1.29 is 15.1 Å². The lowest BCUT2D eigenvalue weighted by molar-refractivity contribution is 0.0990. The molecule has 0 fully saturated rings. The standard InChI is InChI=1S/C14H14N4O3/c1-18(14(20)10-6-7-16-8-12(10)19)11-5-3-2-4-9(11)13(15)17-21/h2-8,19,21H,1H3,(H2,15,17). The van der Waals surface area contributed by atoms with Gasteiger partial charge in [-0.2, -0.15) is 0 Å². The summed E-state index contributed by atoms with van der Waals surface area (Å²) in [6.45, 7) is 0. The Kier molecular flexibility index (Phi) is 4.03. The first-order valence-corrected chi connectivity index (χ1v) is 6.04. The van der Waals surface area contributed by atoms with Crippen LogP contribution in [0.25, 0.3) is 0 Å². The van der Waals surface area contributed by atoms with E-state index in [9.17, 15) is 9.90 Å². The van der Waals surface area contributed by atoms with Crippen LogP contribution in [0.2, 0.25) is 0 Å². The summed E-state index contributed by atoms with van der Waals surface area (Å²) in [4.78, 5) is 17.5. The van der Waals surface area contributed by atoms with Crippen LogP contribution in [0.5, 0.6) is 5.75 Å². The summed E-state index contributed by atoms with van der Waals surface area (Å²) >= 11 is 0. The molecule has 108 valence electrons. The molecule has 0 radical (unpaired) electrons. The number of pyridine rings is 1. The second-order valence-electron chi connectivity index (χ2n) is 4.26. The van der Waals surface area contributed by atoms with Crippen molar-refractivity contribution >= 4 is 17.4 Å². The van der Waals surface area contributed by atoms with Crippen molar-refractivity contribution in [2.24, 2.45) is 10.9 Å². The van der Waals surface area contributed by atoms with Crippen LogP contribution in [0.1, 0.15) is 15.9 Å². The van der Waals surface area contributed by atoms with Crippen LogP contribution >= 0.6 is 0 Å². The van der Waals surface area contributed by atoms with E-state index >= 15 is 0 Å². The highest BCUT2D eigenvalue weighted by atomic mass is 16.4. The summed E-state index contributed by atoms with van der Waals surface area (Å²) in [5.41, 5.74) is 6.58. The van der Waals surface area contributed by atoms with Crippen molar-refractivity contribution in [2.45, 2.75) is 0 Å². The van der Waals surface area contributed by atoms with Gasteiger partial charge in [0.25, 0.3) is 5.91 Å². The minimum Gasteiger partial charge on any atom is -0.505 e. The molecule has 7 nitrogen and oxygen atoms in total. The monoisotopic (exact) mass is 286 g/mol. The Morgan fingerprint density at radius 3 is 2.67 bits per heavy atom. The van der Waals surface area contributed by atoms with Crippen molar-refractivity contribution in [1.82, 2.24) is 4.98 Å². The first kappa shape index (κ1) is 14.3. The van der Waals surface area contributed by atoms with E-state index in [0.717, 1.165) is 0 Å². The van der Waals surface area contributed by atoms with E-state index in [-0.39, 0.29) is 17.1 Å². The van der Waals surface area contributed by atoms with Gasteiger partial charge in [0.15, 0.2) is 5.84 Å². The molecule has 1 aromatic carbocycles. The molecule has 21 heavy (non-hydrogen) atoms. The average molecular weight is 286 g/mol. The lowest BCUT2D eigenvalue weighted by Gasteiger charge is -2.20. The number of anilines is 1. The van der Waals surface area contributed by atoms with Crippen molar-refractivity contribution in [3.63, 3.8) is 0 Å². The molecule has 2 aromatic rings. The largest absolute Gasteiger partial charge is 0.505 e. The number of rotatable bonds is 3. The zero-order valence-electron chi connectivity index (χ0n) is 11.3. The molecule has 2 rings (SSSR count). The second kappa shape index (κ2) is 5.91. The molecule has 0 aliphatic rings. The van der Waals surface area contributed by atoms with Crippen molar-refractivity contribution in [3.05, 3.63) is 53.9 Å². The third kappa shape index (κ3) is 2.76. The molecule has 0 aliphatic carbocycles. The number of carbonyl (C=O) groups is 1. The lowest BCUT2D eigenvalue weighted by Crippen LogP contribution is -2.29. The third-order valence-corrected chi connectivity index (χ3v) is 2.98. The van der Waals surface area contributed by atoms with Crippen LogP contribution in [0.3, 0.4) is 0 Å². The van der Waals surface area contributed by atoms with Gasteiger partial charge in [-0.3, -0.25) is 9.78 Å². The van der Waals surface area contributed by atoms with E-state index in [4.69, 9.17) is 10.9 Å². The van der Waals surface area contributed by atoms with Gasteiger partial charge < -0.3 is 20.9 Å². The predicted molar refractivity (Wildman–Crippen MR) is 77.6 cm³/mol. The van der Waals surface area contributed by atoms with Crippen LogP contribution in [-0.2, 0) is 0 Å². The molecule has 0 bridgehead atoms. The van der Waals surface area contributed by atoms with Gasteiger partial charge in [-0.1, -0.05) is 17.3 Å². The zero-order chi connectivity index (χ0) is 15.4. The van der Waals surface area contributed by atoms with E-state index in [1.807, 2.05) is 0 Å². The molecular weight excluding hydrogens is 272 g/mol. The SMILES string of the molecule is CN(C(=O)c1ccncc1O)c1ccccc1/C(N)=N/O. The number of carbonyl (C=O) groups excluding carboxylic acids is 1. The number of amides is 1. The molecule has 0 saturated carbocycles. The Hall–Kier alpha value is -3.09. The number of para-hydroxylation sites is 1. The number of nitrogens with zero attached hydrogens (tertiary/aromatic N) is 3. The number of hydrogen-bond acceptors (Lipinski definition) is 5. The molecule has 0 saturated heterocycles. The number of benzene rings is 1. The van der Waals surface area contributed by atoms with Crippen molar-refractivity contribution in [2.75, 3.05) is 11.9 Å². The van der Waals surface area contributed by atoms with Crippen LogP contribution < -0.4 is 10.6 Å². The number of aromatic nitrogens is 1. The molecule has 1 heterocycles. The van der Waals surface area contributed by atoms with E-state index in [1.165, 1.54) is 30.4 Å². The van der Waals surface area contributed by atoms with Gasteiger partial charge in [-0.15, -0.1) is 0 Å². The molecule has 0 aliphatic heterocycles. The Bertz CT molecular complexity index is 700. The fourth-order valence-corrected chi connectivity index (χ4v) is 1.89. The van der Waals surface area contributed by atoms with Gasteiger partial charge >= 0.3 is 0 Å². The Balaban J connectivity index is 2.44. The number of oxime groups is 1. The molecule has 0 unspecified atom stereocenters. The summed E-state index contributed by atoms with van der Waals surface area (Å²) in [5.74, 6) is -0.757. The van der Waals surface area contributed by atoms with E-state index in [2.05, 4.69) is 10.1 Å². The van der Waals surface area contributed by atoms with Gasteiger partial charge in [0.2, 0.25) is 0 Å². The summed E-state index contributed by atoms with van der Waals surface area (Å²) in [7, 11) is 1.53. The normalized spacial score (nSPS) is 11.2. The average Bonchev–Trinajstić information content (AvgIpc) is 2.53. The maximum absolute atomic E-state index is 12.4. The first-order valence-electron chi connectivity index (χ1n) is 6.04. The lowest BCUT2D eigenvalue weighted by atomic mass is 10.1. The zero-order valence-corrected chi connectivity index (χ0v) is 11.3. The molecule has 0 spiro atoms. The summed E-state index contributed by atoms with van der Waals surface area (Å²) in [5, 5.41) is 21.5. The smallest absolute Gasteiger partial charge is 0.261 e. The van der Waals surface area contributed by atoms with Crippen LogP contribution in [0.15, 0.2) is 47.9 Å². The quantitative estimate of drug-likeness (QED) is 0.339. The Labute approximate surface area is 121 Å². The maximum atomic E-state index is 12.4. The van der Waals surface area contributed by atoms with E-state index in [0.29, 0.717) is 11.3 Å². The van der Waals surface area contributed by atoms with Gasteiger partial charge in [-0.25, -0.2) is 0 Å². The Morgan fingerprint density at radius 1 is 1.29 bits per heavy atom. The number of nitrogens with two attached hydrogens (primary N) is 1. The maximum Gasteiger partial charge on any atom is 0.261 e. The second-order valence-corrected chi connectivity index (χ2v) is 4.26. The van der Waals surface area contributed by atoms with Crippen molar-refractivity contribution in [3.8, 4) is 5.75 Å². The molecule has 0 atom stereocenters. The topological polar surface area (TPSA) is 112 Å². The van der Waals surface area contributed by atoms with Gasteiger partial charge in [0, 0.05) is 18.8 Å². The summed E-state index contributed by atoms with van der Waals surface area (Å²) < 4.78 is 0. The highest BCUT2D eigenvalue weighted by Gasteiger charge is 2.20. The highest BCUT2D eigenvalue weighted by molar-refractivity contribution is 6.11. The number of amidine groups is 1. The molecule has 1 amide bonds. The number of aromatic hydroxyl groups is 1. The predicted octanol–water partition coefficient (Wildman–Crippen LogP) is 1.16. The summed E-state index contributed by atoms with van der Waals surface area (Å²) in [6.07, 6.45) is 2.60. The Morgan fingerprint density at radius 2 is 2.00 bits per heavy atom. The molecule has 7 heteroatoms. The van der Waals surface area contributed by atoms with Crippen LogP contribution in [-0.4, -0.2) is 34.1 Å². The van der Waals surface area contributed by atoms with Crippen molar-refractivity contribution in [1.29, 1.82) is 0 Å². The van der Waals surface area contributed by atoms with E-state index in [1.54, 1.807) is 24.3 Å². The van der Waals surface area contributed by atoms with Gasteiger partial charge in [0.05, 0.1) is 17.4 Å². The van der Waals surface area contributed by atoms with Gasteiger partial charge in [0.1, 0.15) is 5.75 Å². The fraction of sp³-hybridized carbons (Fsp3) is 0.0714. The van der Waals surface area contributed by atoms with E-state index < -0.39 is 5.91 Å². The van der Waals surface area contributed by atoms with Crippen LogP contribution in [0, 0.1) is 0 Å². The molecule has 1 aromatic heterocycles. The first-order chi connectivity index (χ1) is 10.1. The highest BCUT2D eigenvalue weighted by Crippen LogP contribution is 2.23. The molecular formula is C14H14N4O3. The summed E-state index contributed by atoms with van der Waals surface area (Å²) in [6, 6.07) is 8.13. The number of hydrogen-bond donors (Lipinski definition) is 3.